The van der Waals surface area contributed by atoms with Gasteiger partial charge in [-0.05, 0) is 53.0 Å². The molecule has 29 heavy (non-hydrogen) atoms. The summed E-state index contributed by atoms with van der Waals surface area (Å²) in [7, 11) is 1.61. The zero-order valence-corrected chi connectivity index (χ0v) is 18.8. The molecular formula is C23H24BrNO3S. The van der Waals surface area contributed by atoms with Crippen molar-refractivity contribution < 1.29 is 14.6 Å². The molecule has 4 rings (SSSR count). The highest BCUT2D eigenvalue weighted by Gasteiger charge is 2.28. The first-order valence-electron chi connectivity index (χ1n) is 9.91. The van der Waals surface area contributed by atoms with Gasteiger partial charge in [0.25, 0.3) is 0 Å². The first-order chi connectivity index (χ1) is 14.1. The van der Waals surface area contributed by atoms with Crippen LogP contribution in [0.4, 0.5) is 0 Å². The number of carboxylic acids is 1. The third kappa shape index (κ3) is 4.05. The van der Waals surface area contributed by atoms with E-state index in [1.165, 1.54) is 19.3 Å². The van der Waals surface area contributed by atoms with Crippen LogP contribution >= 0.6 is 27.7 Å². The minimum atomic E-state index is -0.877. The minimum absolute atomic E-state index is 0.339. The quantitative estimate of drug-likeness (QED) is 0.395. The lowest BCUT2D eigenvalue weighted by molar-refractivity contribution is 0.0697. The van der Waals surface area contributed by atoms with E-state index in [0.717, 1.165) is 38.8 Å². The first kappa shape index (κ1) is 20.4. The fourth-order valence-electron chi connectivity index (χ4n) is 4.33. The molecule has 0 unspecified atom stereocenters. The van der Waals surface area contributed by atoms with Gasteiger partial charge in [-0.1, -0.05) is 37.5 Å². The van der Waals surface area contributed by atoms with E-state index in [2.05, 4.69) is 32.6 Å². The SMILES string of the molecule is COc1cc2c(C(=O)O)c(CSc3ccccc3)n(C3CCCCC3)c2cc1Br. The summed E-state index contributed by atoms with van der Waals surface area (Å²) >= 11 is 5.28. The van der Waals surface area contributed by atoms with E-state index in [1.807, 2.05) is 30.3 Å². The Hall–Kier alpha value is -1.92. The smallest absolute Gasteiger partial charge is 0.338 e. The maximum atomic E-state index is 12.4. The van der Waals surface area contributed by atoms with Gasteiger partial charge in [0.2, 0.25) is 0 Å². The summed E-state index contributed by atoms with van der Waals surface area (Å²) in [5, 5.41) is 10.9. The lowest BCUT2D eigenvalue weighted by Gasteiger charge is -2.26. The van der Waals surface area contributed by atoms with Crippen molar-refractivity contribution in [3.63, 3.8) is 0 Å². The van der Waals surface area contributed by atoms with Gasteiger partial charge in [-0.2, -0.15) is 0 Å². The molecule has 0 atom stereocenters. The van der Waals surface area contributed by atoms with Crippen molar-refractivity contribution >= 4 is 44.6 Å². The number of rotatable bonds is 6. The standard InChI is InChI=1S/C23H24BrNO3S/c1-28-21-12-17-19(13-18(21)24)25(15-8-4-2-5-9-15)20(22(17)23(26)27)14-29-16-10-6-3-7-11-16/h3,6-7,10-13,15H,2,4-5,8-9,14H2,1H3,(H,26,27). The van der Waals surface area contributed by atoms with Crippen LogP contribution in [-0.4, -0.2) is 22.8 Å². The lowest BCUT2D eigenvalue weighted by atomic mass is 9.95. The molecule has 2 aromatic carbocycles. The van der Waals surface area contributed by atoms with Crippen LogP contribution in [-0.2, 0) is 5.75 Å². The lowest BCUT2D eigenvalue weighted by Crippen LogP contribution is -2.16. The fourth-order valence-corrected chi connectivity index (χ4v) is 5.75. The average molecular weight is 474 g/mol. The summed E-state index contributed by atoms with van der Waals surface area (Å²) in [6.45, 7) is 0. The Kier molecular flexibility index (Phi) is 6.20. The molecule has 0 bridgehead atoms. The topological polar surface area (TPSA) is 51.5 Å². The number of aromatic nitrogens is 1. The summed E-state index contributed by atoms with van der Waals surface area (Å²) in [4.78, 5) is 13.5. The monoisotopic (exact) mass is 473 g/mol. The number of methoxy groups -OCH3 is 1. The molecular weight excluding hydrogens is 450 g/mol. The summed E-state index contributed by atoms with van der Waals surface area (Å²) < 4.78 is 8.61. The molecule has 4 nitrogen and oxygen atoms in total. The van der Waals surface area contributed by atoms with Gasteiger partial charge in [0, 0.05) is 27.8 Å². The molecule has 1 saturated carbocycles. The number of benzene rings is 2. The number of aromatic carboxylic acids is 1. The summed E-state index contributed by atoms with van der Waals surface area (Å²) in [5.41, 5.74) is 2.28. The van der Waals surface area contributed by atoms with Crippen molar-refractivity contribution in [2.75, 3.05) is 7.11 Å². The summed E-state index contributed by atoms with van der Waals surface area (Å²) in [6.07, 6.45) is 5.82. The molecule has 3 aromatic rings. The zero-order valence-electron chi connectivity index (χ0n) is 16.4. The van der Waals surface area contributed by atoms with Gasteiger partial charge in [0.15, 0.2) is 0 Å². The summed E-state index contributed by atoms with van der Waals surface area (Å²) in [5.74, 6) is 0.400. The average Bonchev–Trinajstić information content (AvgIpc) is 3.06. The van der Waals surface area contributed by atoms with E-state index in [0.29, 0.717) is 23.1 Å². The number of carboxylic acid groups (broad SMARTS) is 1. The Morgan fingerprint density at radius 3 is 2.59 bits per heavy atom. The number of hydrogen-bond acceptors (Lipinski definition) is 3. The second-order valence-corrected chi connectivity index (χ2v) is 9.30. The van der Waals surface area contributed by atoms with Crippen molar-refractivity contribution in [1.29, 1.82) is 0 Å². The Balaban J connectivity index is 1.89. The van der Waals surface area contributed by atoms with Crippen LogP contribution in [0.3, 0.4) is 0 Å². The molecule has 6 heteroatoms. The highest BCUT2D eigenvalue weighted by atomic mass is 79.9. The van der Waals surface area contributed by atoms with Crippen LogP contribution < -0.4 is 4.74 Å². The van der Waals surface area contributed by atoms with Gasteiger partial charge < -0.3 is 14.4 Å². The van der Waals surface area contributed by atoms with Crippen molar-refractivity contribution in [3.8, 4) is 5.75 Å². The first-order valence-corrected chi connectivity index (χ1v) is 11.7. The third-order valence-electron chi connectivity index (χ3n) is 5.65. The molecule has 0 aliphatic heterocycles. The molecule has 152 valence electrons. The Bertz CT molecular complexity index is 1030. The normalized spacial score (nSPS) is 15.0. The zero-order chi connectivity index (χ0) is 20.4. The largest absolute Gasteiger partial charge is 0.496 e. The maximum Gasteiger partial charge on any atom is 0.338 e. The van der Waals surface area contributed by atoms with Crippen LogP contribution in [0.25, 0.3) is 10.9 Å². The van der Waals surface area contributed by atoms with Gasteiger partial charge in [0.1, 0.15) is 5.75 Å². The fraction of sp³-hybridized carbons (Fsp3) is 0.348. The van der Waals surface area contributed by atoms with E-state index in [9.17, 15) is 9.90 Å². The number of fused-ring (bicyclic) bond motifs is 1. The van der Waals surface area contributed by atoms with Gasteiger partial charge >= 0.3 is 5.97 Å². The Morgan fingerprint density at radius 2 is 1.93 bits per heavy atom. The van der Waals surface area contributed by atoms with Crippen LogP contribution in [0.2, 0.25) is 0 Å². The Labute approximate surface area is 183 Å². The molecule has 1 fully saturated rings. The minimum Gasteiger partial charge on any atom is -0.496 e. The molecule has 1 aliphatic rings. The molecule has 1 heterocycles. The van der Waals surface area contributed by atoms with E-state index >= 15 is 0 Å². The predicted molar refractivity (Wildman–Crippen MR) is 121 cm³/mol. The molecule has 0 saturated heterocycles. The molecule has 1 aliphatic carbocycles. The van der Waals surface area contributed by atoms with E-state index in [4.69, 9.17) is 4.74 Å². The second kappa shape index (κ2) is 8.84. The predicted octanol–water partition coefficient (Wildman–Crippen LogP) is 6.91. The number of ether oxygens (including phenoxy) is 1. The molecule has 0 radical (unpaired) electrons. The molecule has 1 N–H and O–H groups in total. The molecule has 1 aromatic heterocycles. The van der Waals surface area contributed by atoms with Crippen LogP contribution in [0.1, 0.15) is 54.2 Å². The van der Waals surface area contributed by atoms with Crippen molar-refractivity contribution in [2.24, 2.45) is 0 Å². The van der Waals surface area contributed by atoms with E-state index in [1.54, 1.807) is 18.9 Å². The highest BCUT2D eigenvalue weighted by molar-refractivity contribution is 9.10. The number of halogens is 1. The van der Waals surface area contributed by atoms with Crippen LogP contribution in [0.15, 0.2) is 51.8 Å². The van der Waals surface area contributed by atoms with Crippen molar-refractivity contribution in [1.82, 2.24) is 4.57 Å². The van der Waals surface area contributed by atoms with Crippen LogP contribution in [0.5, 0.6) is 5.75 Å². The number of hydrogen-bond donors (Lipinski definition) is 1. The number of thioether (sulfide) groups is 1. The third-order valence-corrected chi connectivity index (χ3v) is 7.29. The van der Waals surface area contributed by atoms with Gasteiger partial charge in [-0.15, -0.1) is 11.8 Å². The number of nitrogens with zero attached hydrogens (tertiary/aromatic N) is 1. The van der Waals surface area contributed by atoms with Crippen LogP contribution in [0, 0.1) is 0 Å². The van der Waals surface area contributed by atoms with Gasteiger partial charge in [0.05, 0.1) is 22.7 Å². The van der Waals surface area contributed by atoms with Gasteiger partial charge in [-0.25, -0.2) is 4.79 Å². The maximum absolute atomic E-state index is 12.4. The Morgan fingerprint density at radius 1 is 1.21 bits per heavy atom. The van der Waals surface area contributed by atoms with E-state index in [-0.39, 0.29) is 0 Å². The van der Waals surface area contributed by atoms with E-state index < -0.39 is 5.97 Å². The van der Waals surface area contributed by atoms with Crippen molar-refractivity contribution in [2.45, 2.75) is 48.8 Å². The van der Waals surface area contributed by atoms with Gasteiger partial charge in [-0.3, -0.25) is 0 Å². The molecule has 0 amide bonds. The second-order valence-electron chi connectivity index (χ2n) is 7.39. The highest BCUT2D eigenvalue weighted by Crippen LogP contribution is 2.41. The number of carbonyl (C=O) groups is 1. The summed E-state index contributed by atoms with van der Waals surface area (Å²) in [6, 6.07) is 14.4. The molecule has 0 spiro atoms. The van der Waals surface area contributed by atoms with Crippen molar-refractivity contribution in [3.05, 3.63) is 58.2 Å².